The minimum Gasteiger partial charge on any atom is -0.393 e. The third kappa shape index (κ3) is 1.23. The number of benzene rings is 1. The van der Waals surface area contributed by atoms with E-state index in [0.29, 0.717) is 11.1 Å². The van der Waals surface area contributed by atoms with Crippen molar-refractivity contribution < 1.29 is 24.0 Å². The number of cyclic esters (lactones) is 2. The predicted octanol–water partition coefficient (Wildman–Crippen LogP) is 1.08. The lowest BCUT2D eigenvalue weighted by molar-refractivity contribution is -0.386. The summed E-state index contributed by atoms with van der Waals surface area (Å²) in [6.07, 6.45) is -0.626. The molecule has 4 atom stereocenters. The van der Waals surface area contributed by atoms with E-state index in [1.165, 1.54) is 6.07 Å². The van der Waals surface area contributed by atoms with Gasteiger partial charge in [0.1, 0.15) is 5.92 Å². The largest absolute Gasteiger partial charge is 0.393 e. The molecule has 0 saturated carbocycles. The summed E-state index contributed by atoms with van der Waals surface area (Å²) >= 11 is 0. The van der Waals surface area contributed by atoms with Crippen LogP contribution in [0.25, 0.3) is 0 Å². The predicted molar refractivity (Wildman–Crippen MR) is 62.6 cm³/mol. The van der Waals surface area contributed by atoms with Crippen LogP contribution in [-0.4, -0.2) is 23.5 Å². The Morgan fingerprint density at radius 2 is 1.95 bits per heavy atom. The Balaban J connectivity index is 1.96. The maximum absolute atomic E-state index is 11.8. The van der Waals surface area contributed by atoms with Gasteiger partial charge in [-0.15, -0.1) is 0 Å². The van der Waals surface area contributed by atoms with Gasteiger partial charge in [0.05, 0.1) is 23.6 Å². The third-order valence-corrected chi connectivity index (χ3v) is 4.34. The highest BCUT2D eigenvalue weighted by atomic mass is 16.6. The van der Waals surface area contributed by atoms with Crippen LogP contribution in [0.3, 0.4) is 0 Å². The first kappa shape index (κ1) is 11.5. The molecule has 4 aliphatic rings. The van der Waals surface area contributed by atoms with Crippen molar-refractivity contribution in [1.82, 2.24) is 0 Å². The third-order valence-electron chi connectivity index (χ3n) is 4.34. The normalized spacial score (nSPS) is 33.6. The highest BCUT2D eigenvalue weighted by Crippen LogP contribution is 2.56. The van der Waals surface area contributed by atoms with Gasteiger partial charge in [-0.25, -0.2) is 0 Å². The molecule has 3 aliphatic heterocycles. The maximum Gasteiger partial charge on any atom is 0.320 e. The summed E-state index contributed by atoms with van der Waals surface area (Å²) in [5.41, 5.74) is 1.12. The van der Waals surface area contributed by atoms with Gasteiger partial charge in [0.2, 0.25) is 0 Å². The summed E-state index contributed by atoms with van der Waals surface area (Å²) in [5.74, 6) is -3.00. The molecule has 1 aromatic carbocycles. The molecule has 0 amide bonds. The molecule has 2 fully saturated rings. The number of esters is 2. The van der Waals surface area contributed by atoms with Crippen molar-refractivity contribution >= 4 is 17.6 Å². The Bertz CT molecular complexity index is 669. The second-order valence-corrected chi connectivity index (χ2v) is 5.19. The molecule has 2 bridgehead atoms. The van der Waals surface area contributed by atoms with Gasteiger partial charge in [-0.3, -0.25) is 19.7 Å². The van der Waals surface area contributed by atoms with Gasteiger partial charge < -0.3 is 9.47 Å². The average Bonchev–Trinajstić information content (AvgIpc) is 2.76. The first-order valence-corrected chi connectivity index (χ1v) is 6.24. The molecule has 7 heteroatoms. The van der Waals surface area contributed by atoms with Crippen LogP contribution in [0.15, 0.2) is 18.2 Å². The summed E-state index contributed by atoms with van der Waals surface area (Å²) in [7, 11) is 0. The summed E-state index contributed by atoms with van der Waals surface area (Å²) in [6, 6.07) is 4.69. The number of ether oxygens (including phenoxy) is 2. The number of rotatable bonds is 1. The second-order valence-electron chi connectivity index (χ2n) is 5.19. The lowest BCUT2D eigenvalue weighted by Gasteiger charge is -2.42. The standard InChI is InChI=1S/C13H9NO6/c15-12-9-6-4-19-11(10(9)13(16)20-12)5-2-1-3-7(8(5)6)14(17)18/h1-3,6,9-11H,4H2/t6-,9+,10-,11+/m0/s1. The molecular formula is C13H9NO6. The topological polar surface area (TPSA) is 95.7 Å². The van der Waals surface area contributed by atoms with E-state index in [-0.39, 0.29) is 12.3 Å². The fourth-order valence-corrected chi connectivity index (χ4v) is 3.60. The van der Waals surface area contributed by atoms with Crippen molar-refractivity contribution in [1.29, 1.82) is 0 Å². The summed E-state index contributed by atoms with van der Waals surface area (Å²) in [6.45, 7) is 0.200. The van der Waals surface area contributed by atoms with Crippen molar-refractivity contribution in [2.45, 2.75) is 12.0 Å². The van der Waals surface area contributed by atoms with Crippen LogP contribution in [0.4, 0.5) is 5.69 Å². The SMILES string of the molecule is O=C1OC(=O)[C@H]2[C@H]1[C@@H]1OC[C@H]2c2c1cccc2[N+](=O)[O-]. The fraction of sp³-hybridized carbons (Fsp3) is 0.385. The number of fused-ring (bicyclic) bond motifs is 1. The molecule has 1 aromatic rings. The van der Waals surface area contributed by atoms with Crippen molar-refractivity contribution in [2.24, 2.45) is 11.8 Å². The Morgan fingerprint density at radius 1 is 1.20 bits per heavy atom. The van der Waals surface area contributed by atoms with Crippen molar-refractivity contribution in [3.8, 4) is 0 Å². The fourth-order valence-electron chi connectivity index (χ4n) is 3.60. The van der Waals surface area contributed by atoms with Gasteiger partial charge in [-0.1, -0.05) is 12.1 Å². The van der Waals surface area contributed by atoms with E-state index in [1.54, 1.807) is 12.1 Å². The van der Waals surface area contributed by atoms with Crippen LogP contribution in [0, 0.1) is 22.0 Å². The zero-order valence-electron chi connectivity index (χ0n) is 10.1. The summed E-state index contributed by atoms with van der Waals surface area (Å²) in [5, 5.41) is 11.2. The molecule has 0 unspecified atom stereocenters. The zero-order valence-corrected chi connectivity index (χ0v) is 10.1. The van der Waals surface area contributed by atoms with Gasteiger partial charge in [0, 0.05) is 17.5 Å². The molecule has 3 heterocycles. The van der Waals surface area contributed by atoms with E-state index in [9.17, 15) is 19.7 Å². The average molecular weight is 275 g/mol. The zero-order chi connectivity index (χ0) is 14.0. The van der Waals surface area contributed by atoms with Gasteiger partial charge >= 0.3 is 11.9 Å². The van der Waals surface area contributed by atoms with Crippen LogP contribution in [-0.2, 0) is 19.1 Å². The Labute approximate surface area is 112 Å². The van der Waals surface area contributed by atoms with Crippen LogP contribution in [0.5, 0.6) is 0 Å². The van der Waals surface area contributed by atoms with Crippen LogP contribution >= 0.6 is 0 Å². The molecule has 0 N–H and O–H groups in total. The quantitative estimate of drug-likeness (QED) is 0.329. The molecular weight excluding hydrogens is 266 g/mol. The van der Waals surface area contributed by atoms with E-state index in [1.807, 2.05) is 0 Å². The summed E-state index contributed by atoms with van der Waals surface area (Å²) < 4.78 is 10.3. The van der Waals surface area contributed by atoms with Gasteiger partial charge in [0.15, 0.2) is 0 Å². The van der Waals surface area contributed by atoms with Gasteiger partial charge in [-0.05, 0) is 5.56 Å². The Morgan fingerprint density at radius 3 is 2.70 bits per heavy atom. The van der Waals surface area contributed by atoms with Crippen molar-refractivity contribution in [2.75, 3.05) is 6.61 Å². The number of hydrogen-bond acceptors (Lipinski definition) is 6. The molecule has 102 valence electrons. The Hall–Kier alpha value is -2.28. The number of hydrogen-bond donors (Lipinski definition) is 0. The second kappa shape index (κ2) is 3.63. The highest BCUT2D eigenvalue weighted by molar-refractivity contribution is 5.98. The smallest absolute Gasteiger partial charge is 0.320 e. The highest BCUT2D eigenvalue weighted by Gasteiger charge is 2.61. The van der Waals surface area contributed by atoms with E-state index in [4.69, 9.17) is 9.47 Å². The lowest BCUT2D eigenvalue weighted by Crippen LogP contribution is -2.44. The summed E-state index contributed by atoms with van der Waals surface area (Å²) in [4.78, 5) is 34.3. The molecule has 0 radical (unpaired) electrons. The molecule has 0 aromatic heterocycles. The minimum atomic E-state index is -0.671. The molecule has 0 spiro atoms. The number of nitrogens with zero attached hydrogens (tertiary/aromatic N) is 1. The van der Waals surface area contributed by atoms with E-state index >= 15 is 0 Å². The van der Waals surface area contributed by atoms with E-state index in [0.717, 1.165) is 0 Å². The van der Waals surface area contributed by atoms with Crippen molar-refractivity contribution in [3.63, 3.8) is 0 Å². The van der Waals surface area contributed by atoms with Gasteiger partial charge in [-0.2, -0.15) is 0 Å². The van der Waals surface area contributed by atoms with Crippen LogP contribution in [0.1, 0.15) is 23.1 Å². The molecule has 7 nitrogen and oxygen atoms in total. The number of nitro benzene ring substituents is 1. The Kier molecular flexibility index (Phi) is 2.10. The molecule has 20 heavy (non-hydrogen) atoms. The first-order chi connectivity index (χ1) is 9.59. The van der Waals surface area contributed by atoms with Crippen LogP contribution < -0.4 is 0 Å². The van der Waals surface area contributed by atoms with Crippen molar-refractivity contribution in [3.05, 3.63) is 39.4 Å². The molecule has 2 saturated heterocycles. The minimum absolute atomic E-state index is 0.0219. The van der Waals surface area contributed by atoms with E-state index < -0.39 is 40.7 Å². The monoisotopic (exact) mass is 275 g/mol. The van der Waals surface area contributed by atoms with Crippen LogP contribution in [0.2, 0.25) is 0 Å². The lowest BCUT2D eigenvalue weighted by atomic mass is 9.66. The van der Waals surface area contributed by atoms with E-state index in [2.05, 4.69) is 0 Å². The molecule has 1 aliphatic carbocycles. The maximum atomic E-state index is 11.8. The molecule has 5 rings (SSSR count). The number of nitro groups is 1. The van der Waals surface area contributed by atoms with Gasteiger partial charge in [0.25, 0.3) is 5.69 Å². The number of carbonyl (C=O) groups is 2. The first-order valence-electron chi connectivity index (χ1n) is 6.24. The number of carbonyl (C=O) groups excluding carboxylic acids is 2.